The lowest BCUT2D eigenvalue weighted by atomic mass is 9.67. The van der Waals surface area contributed by atoms with Gasteiger partial charge in [0.1, 0.15) is 18.0 Å². The highest BCUT2D eigenvalue weighted by molar-refractivity contribution is 5.77. The smallest absolute Gasteiger partial charge is 0.407 e. The molecule has 39 heavy (non-hydrogen) atoms. The molecule has 0 aliphatic carbocycles. The fourth-order valence-corrected chi connectivity index (χ4v) is 5.59. The Morgan fingerprint density at radius 2 is 2.05 bits per heavy atom. The number of H-pyrrole nitrogens is 1. The Balaban J connectivity index is 1.68. The van der Waals surface area contributed by atoms with E-state index < -0.39 is 11.5 Å². The second kappa shape index (κ2) is 10.0. The zero-order valence-electron chi connectivity index (χ0n) is 22.9. The van der Waals surface area contributed by atoms with Gasteiger partial charge >= 0.3 is 6.09 Å². The average molecular weight is 536 g/mol. The Kier molecular flexibility index (Phi) is 6.88. The van der Waals surface area contributed by atoms with E-state index in [0.29, 0.717) is 55.1 Å². The van der Waals surface area contributed by atoms with E-state index in [2.05, 4.69) is 40.8 Å². The third kappa shape index (κ3) is 4.98. The maximum absolute atomic E-state index is 14.2. The third-order valence-electron chi connectivity index (χ3n) is 7.85. The van der Waals surface area contributed by atoms with E-state index >= 15 is 0 Å². The van der Waals surface area contributed by atoms with Crippen LogP contribution < -0.4 is 0 Å². The number of ether oxygens (including phenoxy) is 1. The minimum atomic E-state index is -0.914. The predicted molar refractivity (Wildman–Crippen MR) is 144 cm³/mol. The number of amides is 1. The molecule has 5 heterocycles. The first-order valence-corrected chi connectivity index (χ1v) is 13.0. The molecular formula is C28H34FN7O3. The van der Waals surface area contributed by atoms with Gasteiger partial charge in [0.25, 0.3) is 0 Å². The summed E-state index contributed by atoms with van der Waals surface area (Å²) in [5, 5.41) is 14.2. The van der Waals surface area contributed by atoms with Gasteiger partial charge in [0.15, 0.2) is 5.65 Å². The van der Waals surface area contributed by atoms with E-state index in [9.17, 15) is 14.3 Å². The van der Waals surface area contributed by atoms with Crippen molar-refractivity contribution in [1.29, 1.82) is 0 Å². The molecule has 0 saturated carbocycles. The predicted octanol–water partition coefficient (Wildman–Crippen LogP) is 5.09. The number of aryl methyl sites for hydroxylation is 1. The monoisotopic (exact) mass is 535 g/mol. The molecular weight excluding hydrogens is 501 g/mol. The summed E-state index contributed by atoms with van der Waals surface area (Å²) in [6, 6.07) is 6.62. The molecule has 2 atom stereocenters. The molecule has 2 N–H and O–H groups in total. The molecule has 1 amide bonds. The van der Waals surface area contributed by atoms with E-state index in [4.69, 9.17) is 9.72 Å². The van der Waals surface area contributed by atoms with Crippen molar-refractivity contribution < 1.29 is 19.0 Å². The molecule has 10 nitrogen and oxygen atoms in total. The first-order chi connectivity index (χ1) is 18.5. The Hall–Kier alpha value is -3.86. The molecule has 4 aromatic rings. The number of aromatic amines is 1. The molecule has 0 radical (unpaired) electrons. The fourth-order valence-electron chi connectivity index (χ4n) is 5.59. The van der Waals surface area contributed by atoms with Crippen LogP contribution in [-0.4, -0.2) is 72.0 Å². The third-order valence-corrected chi connectivity index (χ3v) is 7.85. The number of fused-ring (bicyclic) bond motifs is 1. The van der Waals surface area contributed by atoms with Gasteiger partial charge in [0, 0.05) is 43.5 Å². The molecule has 11 heteroatoms. The van der Waals surface area contributed by atoms with Crippen LogP contribution in [0.5, 0.6) is 0 Å². The van der Waals surface area contributed by atoms with E-state index in [0.717, 1.165) is 11.4 Å². The van der Waals surface area contributed by atoms with Crippen molar-refractivity contribution >= 4 is 11.7 Å². The Morgan fingerprint density at radius 3 is 2.74 bits per heavy atom. The lowest BCUT2D eigenvalue weighted by Gasteiger charge is -2.49. The quantitative estimate of drug-likeness (QED) is 0.353. The Morgan fingerprint density at radius 1 is 1.26 bits per heavy atom. The number of hydrogen-bond acceptors (Lipinski definition) is 6. The lowest BCUT2D eigenvalue weighted by Crippen LogP contribution is -2.56. The van der Waals surface area contributed by atoms with E-state index in [-0.39, 0.29) is 23.0 Å². The normalized spacial score (nSPS) is 20.1. The van der Waals surface area contributed by atoms with E-state index in [1.807, 2.05) is 18.3 Å². The summed E-state index contributed by atoms with van der Waals surface area (Å²) in [6.07, 6.45) is 4.26. The number of likely N-dealkylation sites (tertiary alicyclic amines) is 1. The minimum Gasteiger partial charge on any atom is -0.465 e. The number of piperidine rings is 1. The molecule has 1 fully saturated rings. The summed E-state index contributed by atoms with van der Waals surface area (Å²) in [4.78, 5) is 31.2. The molecule has 1 saturated heterocycles. The zero-order chi connectivity index (χ0) is 27.9. The number of methoxy groups -OCH3 is 1. The van der Waals surface area contributed by atoms with Crippen molar-refractivity contribution in [2.75, 3.05) is 20.3 Å². The number of halogens is 1. The van der Waals surface area contributed by atoms with Crippen molar-refractivity contribution in [2.45, 2.75) is 58.4 Å². The highest BCUT2D eigenvalue weighted by Gasteiger charge is 2.48. The fraction of sp³-hybridized carbons (Fsp3) is 0.464. The number of nitrogens with zero attached hydrogens (tertiary/aromatic N) is 6. The van der Waals surface area contributed by atoms with Crippen LogP contribution in [-0.2, 0) is 10.2 Å². The van der Waals surface area contributed by atoms with Gasteiger partial charge in [-0.3, -0.25) is 0 Å². The van der Waals surface area contributed by atoms with Crippen molar-refractivity contribution in [3.8, 4) is 22.6 Å². The summed E-state index contributed by atoms with van der Waals surface area (Å²) in [6.45, 7) is 8.71. The van der Waals surface area contributed by atoms with Gasteiger partial charge in [-0.05, 0) is 55.9 Å². The molecule has 0 aromatic carbocycles. The molecule has 0 spiro atoms. The van der Waals surface area contributed by atoms with Crippen molar-refractivity contribution in [2.24, 2.45) is 5.41 Å². The van der Waals surface area contributed by atoms with E-state index in [1.54, 1.807) is 29.5 Å². The van der Waals surface area contributed by atoms with Gasteiger partial charge in [0.05, 0.1) is 22.8 Å². The van der Waals surface area contributed by atoms with Crippen LogP contribution in [0.25, 0.3) is 28.3 Å². The Bertz CT molecular complexity index is 1510. The molecule has 1 aliphatic heterocycles. The molecule has 0 bridgehead atoms. The topological polar surface area (TPSA) is 122 Å². The van der Waals surface area contributed by atoms with Gasteiger partial charge in [-0.25, -0.2) is 28.7 Å². The van der Waals surface area contributed by atoms with Crippen molar-refractivity contribution in [3.05, 3.63) is 54.1 Å². The SMILES string of the molecule is COCCC1(c2nc(-c3ccc4ncnn4c3)c(-c3ccc(F)c(C)n3)[nH]2)CCN(C(=O)O)C(C(C)(C)C)C1. The van der Waals surface area contributed by atoms with E-state index in [1.165, 1.54) is 12.4 Å². The number of carbonyl (C=O) groups is 1. The summed E-state index contributed by atoms with van der Waals surface area (Å²) < 4.78 is 21.4. The van der Waals surface area contributed by atoms with Crippen molar-refractivity contribution in [3.63, 3.8) is 0 Å². The number of carboxylic acid groups (broad SMARTS) is 1. The van der Waals surface area contributed by atoms with Crippen LogP contribution in [0, 0.1) is 18.2 Å². The summed E-state index contributed by atoms with van der Waals surface area (Å²) in [7, 11) is 1.67. The first-order valence-electron chi connectivity index (χ1n) is 13.0. The van der Waals surface area contributed by atoms with Crippen LogP contribution in [0.3, 0.4) is 0 Å². The van der Waals surface area contributed by atoms with Gasteiger partial charge in [-0.2, -0.15) is 5.10 Å². The van der Waals surface area contributed by atoms with Gasteiger partial charge < -0.3 is 19.7 Å². The van der Waals surface area contributed by atoms with Crippen LogP contribution >= 0.6 is 0 Å². The average Bonchev–Trinajstić information content (AvgIpc) is 3.55. The van der Waals surface area contributed by atoms with Crippen molar-refractivity contribution in [1.82, 2.24) is 34.4 Å². The Labute approximate surface area is 226 Å². The van der Waals surface area contributed by atoms with Crippen LogP contribution in [0.4, 0.5) is 9.18 Å². The summed E-state index contributed by atoms with van der Waals surface area (Å²) >= 11 is 0. The minimum absolute atomic E-state index is 0.227. The van der Waals surface area contributed by atoms with Gasteiger partial charge in [-0.15, -0.1) is 0 Å². The number of hydrogen-bond donors (Lipinski definition) is 2. The number of rotatable bonds is 6. The highest BCUT2D eigenvalue weighted by atomic mass is 19.1. The second-order valence-electron chi connectivity index (χ2n) is 11.4. The summed E-state index contributed by atoms with van der Waals surface area (Å²) in [5.74, 6) is 0.362. The summed E-state index contributed by atoms with van der Waals surface area (Å²) in [5.41, 5.74) is 2.92. The number of aromatic nitrogens is 6. The standard InChI is InChI=1S/C28H34FN7O3/c1-17-19(29)7-8-20(32-17)24-23(18-6-9-22-30-16-31-36(22)15-18)33-25(34-24)28(11-13-39-5)10-12-35(26(37)38)21(14-28)27(2,3)4/h6-9,15-16,21H,10-14H2,1-5H3,(H,33,34)(H,37,38). The molecule has 5 rings (SSSR count). The number of pyridine rings is 2. The van der Waals surface area contributed by atoms with Crippen LogP contribution in [0.2, 0.25) is 0 Å². The second-order valence-corrected chi connectivity index (χ2v) is 11.4. The molecule has 2 unspecified atom stereocenters. The highest BCUT2D eigenvalue weighted by Crippen LogP contribution is 2.46. The number of nitrogens with one attached hydrogen (secondary N) is 1. The van der Waals surface area contributed by atoms with Crippen LogP contribution in [0.1, 0.15) is 51.6 Å². The molecule has 1 aliphatic rings. The maximum atomic E-state index is 14.2. The molecule has 206 valence electrons. The van der Waals surface area contributed by atoms with Gasteiger partial charge in [0.2, 0.25) is 0 Å². The maximum Gasteiger partial charge on any atom is 0.407 e. The van der Waals surface area contributed by atoms with Gasteiger partial charge in [-0.1, -0.05) is 20.8 Å². The lowest BCUT2D eigenvalue weighted by molar-refractivity contribution is 0.0183. The number of imidazole rings is 1. The largest absolute Gasteiger partial charge is 0.465 e. The zero-order valence-corrected chi connectivity index (χ0v) is 22.9. The first kappa shape index (κ1) is 26.7. The van der Waals surface area contributed by atoms with Crippen LogP contribution in [0.15, 0.2) is 36.8 Å². The molecule has 4 aromatic heterocycles.